The molecule has 1 N–H and O–H groups in total. The molecule has 112 valence electrons. The van der Waals surface area contributed by atoms with Gasteiger partial charge in [0, 0.05) is 10.0 Å². The van der Waals surface area contributed by atoms with Crippen molar-refractivity contribution >= 4 is 21.9 Å². The average Bonchev–Trinajstić information content (AvgIpc) is 2.87. The smallest absolute Gasteiger partial charge is 0.323 e. The van der Waals surface area contributed by atoms with Crippen LogP contribution in [0, 0.1) is 0 Å². The fourth-order valence-electron chi connectivity index (χ4n) is 1.63. The summed E-state index contributed by atoms with van der Waals surface area (Å²) >= 11 is 3.39. The number of carboxylic acid groups (broad SMARTS) is 1. The van der Waals surface area contributed by atoms with Crippen LogP contribution in [-0.4, -0.2) is 38.7 Å². The minimum absolute atomic E-state index is 0.264. The molecule has 0 aliphatic heterocycles. The lowest BCUT2D eigenvalue weighted by molar-refractivity contribution is -0.149. The van der Waals surface area contributed by atoms with E-state index in [0.717, 1.165) is 10.0 Å². The first kappa shape index (κ1) is 15.7. The number of likely N-dealkylation sites (N-methyl/N-ethyl adjacent to an activating group) is 1. The highest BCUT2D eigenvalue weighted by Gasteiger charge is 2.32. The van der Waals surface area contributed by atoms with Crippen molar-refractivity contribution in [3.8, 4) is 11.4 Å². The topological polar surface area (TPSA) is 79.5 Å². The Bertz CT molecular complexity index is 654. The monoisotopic (exact) mass is 353 g/mol. The lowest BCUT2D eigenvalue weighted by atomic mass is 10.0. The predicted octanol–water partition coefficient (Wildman–Crippen LogP) is 2.79. The van der Waals surface area contributed by atoms with E-state index in [-0.39, 0.29) is 6.54 Å². The Morgan fingerprint density at radius 1 is 1.48 bits per heavy atom. The van der Waals surface area contributed by atoms with Gasteiger partial charge in [-0.05, 0) is 33.0 Å². The zero-order valence-corrected chi connectivity index (χ0v) is 13.6. The predicted molar refractivity (Wildman–Crippen MR) is 80.6 cm³/mol. The molecule has 1 aromatic heterocycles. The summed E-state index contributed by atoms with van der Waals surface area (Å²) in [5.41, 5.74) is -0.177. The number of aromatic nitrogens is 2. The first-order valence-corrected chi connectivity index (χ1v) is 7.13. The maximum atomic E-state index is 11.2. The number of carboxylic acids is 1. The molecule has 0 spiro atoms. The highest BCUT2D eigenvalue weighted by Crippen LogP contribution is 2.21. The second-order valence-electron chi connectivity index (χ2n) is 5.24. The minimum atomic E-state index is -1.01. The molecule has 0 aliphatic carbocycles. The molecule has 0 saturated heterocycles. The van der Waals surface area contributed by atoms with E-state index in [1.165, 1.54) is 0 Å². The molecule has 0 unspecified atom stereocenters. The van der Waals surface area contributed by atoms with Crippen molar-refractivity contribution < 1.29 is 14.4 Å². The molecule has 1 heterocycles. The molecule has 0 aliphatic rings. The van der Waals surface area contributed by atoms with Crippen LogP contribution in [0.3, 0.4) is 0 Å². The lowest BCUT2D eigenvalue weighted by Crippen LogP contribution is -2.47. The van der Waals surface area contributed by atoms with Gasteiger partial charge in [0.1, 0.15) is 5.54 Å². The van der Waals surface area contributed by atoms with Crippen LogP contribution in [-0.2, 0) is 11.3 Å². The normalized spacial score (nSPS) is 11.9. The van der Waals surface area contributed by atoms with Crippen LogP contribution >= 0.6 is 15.9 Å². The van der Waals surface area contributed by atoms with Gasteiger partial charge in [-0.3, -0.25) is 9.69 Å². The van der Waals surface area contributed by atoms with E-state index in [1.54, 1.807) is 25.8 Å². The highest BCUT2D eigenvalue weighted by molar-refractivity contribution is 9.10. The summed E-state index contributed by atoms with van der Waals surface area (Å²) in [5.74, 6) is -0.0497. The van der Waals surface area contributed by atoms with Crippen molar-refractivity contribution in [2.75, 3.05) is 7.05 Å². The van der Waals surface area contributed by atoms with Crippen molar-refractivity contribution in [2.45, 2.75) is 25.9 Å². The highest BCUT2D eigenvalue weighted by atomic mass is 79.9. The quantitative estimate of drug-likeness (QED) is 0.890. The minimum Gasteiger partial charge on any atom is -0.480 e. The standard InChI is InChI=1S/C14H16BrN3O3/c1-14(2,13(19)20)18(3)8-11-16-12(17-21-11)9-5-4-6-10(15)7-9/h4-7H,8H2,1-3H3,(H,19,20). The van der Waals surface area contributed by atoms with E-state index in [9.17, 15) is 9.90 Å². The SMILES string of the molecule is CN(Cc1nc(-c2cccc(Br)c2)no1)C(C)(C)C(=O)O. The van der Waals surface area contributed by atoms with Crippen LogP contribution in [0.1, 0.15) is 19.7 Å². The largest absolute Gasteiger partial charge is 0.480 e. The summed E-state index contributed by atoms with van der Waals surface area (Å²) in [6, 6.07) is 7.56. The second kappa shape index (κ2) is 5.95. The van der Waals surface area contributed by atoms with Gasteiger partial charge >= 0.3 is 5.97 Å². The van der Waals surface area contributed by atoms with Crippen LogP contribution < -0.4 is 0 Å². The summed E-state index contributed by atoms with van der Waals surface area (Å²) < 4.78 is 6.12. The van der Waals surface area contributed by atoms with E-state index in [2.05, 4.69) is 26.1 Å². The first-order valence-electron chi connectivity index (χ1n) is 6.34. The van der Waals surface area contributed by atoms with Crippen molar-refractivity contribution in [1.82, 2.24) is 15.0 Å². The molecule has 0 atom stereocenters. The van der Waals surface area contributed by atoms with E-state index >= 15 is 0 Å². The summed E-state index contributed by atoms with van der Waals surface area (Å²) in [6.45, 7) is 3.52. The van der Waals surface area contributed by atoms with Gasteiger partial charge in [-0.25, -0.2) is 0 Å². The van der Waals surface area contributed by atoms with Gasteiger partial charge in [-0.1, -0.05) is 33.2 Å². The summed E-state index contributed by atoms with van der Waals surface area (Å²) in [6.07, 6.45) is 0. The first-order chi connectivity index (χ1) is 9.80. The molecule has 0 fully saturated rings. The number of nitrogens with zero attached hydrogens (tertiary/aromatic N) is 3. The third kappa shape index (κ3) is 3.48. The number of aliphatic carboxylic acids is 1. The maximum absolute atomic E-state index is 11.2. The fraction of sp³-hybridized carbons (Fsp3) is 0.357. The van der Waals surface area contributed by atoms with E-state index < -0.39 is 11.5 Å². The molecule has 0 radical (unpaired) electrons. The third-order valence-electron chi connectivity index (χ3n) is 3.40. The Morgan fingerprint density at radius 3 is 2.81 bits per heavy atom. The maximum Gasteiger partial charge on any atom is 0.323 e. The van der Waals surface area contributed by atoms with Gasteiger partial charge in [0.05, 0.1) is 6.54 Å². The van der Waals surface area contributed by atoms with Gasteiger partial charge in [0.15, 0.2) is 0 Å². The molecule has 0 saturated carbocycles. The Kier molecular flexibility index (Phi) is 4.43. The zero-order valence-electron chi connectivity index (χ0n) is 12.0. The van der Waals surface area contributed by atoms with Crippen LogP contribution in [0.2, 0.25) is 0 Å². The molecular weight excluding hydrogens is 338 g/mol. The molecule has 0 bridgehead atoms. The number of rotatable bonds is 5. The van der Waals surface area contributed by atoms with E-state index in [0.29, 0.717) is 11.7 Å². The van der Waals surface area contributed by atoms with E-state index in [4.69, 9.17) is 4.52 Å². The van der Waals surface area contributed by atoms with Crippen molar-refractivity contribution in [1.29, 1.82) is 0 Å². The lowest BCUT2D eigenvalue weighted by Gasteiger charge is -2.29. The molecule has 0 amide bonds. The van der Waals surface area contributed by atoms with Crippen LogP contribution in [0.15, 0.2) is 33.3 Å². The molecule has 1 aromatic carbocycles. The number of carbonyl (C=O) groups is 1. The van der Waals surface area contributed by atoms with Gasteiger partial charge in [0.2, 0.25) is 11.7 Å². The zero-order chi connectivity index (χ0) is 15.6. The van der Waals surface area contributed by atoms with Crippen molar-refractivity contribution in [3.05, 3.63) is 34.6 Å². The Labute approximate surface area is 130 Å². The Morgan fingerprint density at radius 2 is 2.19 bits per heavy atom. The fourth-order valence-corrected chi connectivity index (χ4v) is 2.03. The second-order valence-corrected chi connectivity index (χ2v) is 6.16. The number of halogens is 1. The third-order valence-corrected chi connectivity index (χ3v) is 3.89. The molecule has 7 heteroatoms. The molecule has 2 aromatic rings. The van der Waals surface area contributed by atoms with Gasteiger partial charge in [-0.2, -0.15) is 4.98 Å². The van der Waals surface area contributed by atoms with E-state index in [1.807, 2.05) is 24.3 Å². The molecule has 6 nitrogen and oxygen atoms in total. The molecular formula is C14H16BrN3O3. The molecule has 2 rings (SSSR count). The summed E-state index contributed by atoms with van der Waals surface area (Å²) in [4.78, 5) is 17.2. The van der Waals surface area contributed by atoms with Crippen LogP contribution in [0.4, 0.5) is 0 Å². The Hall–Kier alpha value is -1.73. The van der Waals surface area contributed by atoms with Crippen LogP contribution in [0.25, 0.3) is 11.4 Å². The molecule has 21 heavy (non-hydrogen) atoms. The van der Waals surface area contributed by atoms with Gasteiger partial charge in [0.25, 0.3) is 0 Å². The van der Waals surface area contributed by atoms with Gasteiger partial charge in [-0.15, -0.1) is 0 Å². The van der Waals surface area contributed by atoms with Crippen molar-refractivity contribution in [2.24, 2.45) is 0 Å². The number of hydrogen-bond donors (Lipinski definition) is 1. The Balaban J connectivity index is 2.16. The summed E-state index contributed by atoms with van der Waals surface area (Å²) in [5, 5.41) is 13.1. The summed E-state index contributed by atoms with van der Waals surface area (Å²) in [7, 11) is 1.71. The van der Waals surface area contributed by atoms with Gasteiger partial charge < -0.3 is 9.63 Å². The van der Waals surface area contributed by atoms with Crippen LogP contribution in [0.5, 0.6) is 0 Å². The average molecular weight is 354 g/mol. The number of hydrogen-bond acceptors (Lipinski definition) is 5. The number of benzene rings is 1. The van der Waals surface area contributed by atoms with Crippen molar-refractivity contribution in [3.63, 3.8) is 0 Å².